The lowest BCUT2D eigenvalue weighted by atomic mass is 10.0. The number of carbonyl (C=O) groups is 1. The van der Waals surface area contributed by atoms with E-state index >= 15 is 0 Å². The summed E-state index contributed by atoms with van der Waals surface area (Å²) >= 11 is 0. The summed E-state index contributed by atoms with van der Waals surface area (Å²) in [5.74, 6) is -0.844. The molecule has 0 aliphatic carbocycles. The Bertz CT molecular complexity index is 596. The van der Waals surface area contributed by atoms with Crippen molar-refractivity contribution in [3.8, 4) is 0 Å². The highest BCUT2D eigenvalue weighted by atomic mass is 32.2. The second-order valence-corrected chi connectivity index (χ2v) is 11.7. The number of carbonyl (C=O) groups excluding carboxylic acids is 1. The monoisotopic (exact) mass is 492 g/mol. The third-order valence-corrected chi connectivity index (χ3v) is 7.30. The van der Waals surface area contributed by atoms with E-state index < -0.39 is 22.0 Å². The van der Waals surface area contributed by atoms with Crippen LogP contribution in [0.4, 0.5) is 0 Å². The highest BCUT2D eigenvalue weighted by Crippen LogP contribution is 2.14. The summed E-state index contributed by atoms with van der Waals surface area (Å²) in [5, 5.41) is 12.8. The van der Waals surface area contributed by atoms with E-state index in [9.17, 15) is 22.9 Å². The molecule has 0 aromatic rings. The molecule has 0 spiro atoms. The first-order valence-electron chi connectivity index (χ1n) is 13.2. The molecule has 8 heteroatoms. The average molecular weight is 493 g/mol. The quantitative estimate of drug-likeness (QED) is 0.0986. The Hall–Kier alpha value is -0.700. The number of nitrogens with one attached hydrogen (secondary N) is 1. The van der Waals surface area contributed by atoms with Crippen LogP contribution >= 0.6 is 0 Å². The van der Waals surface area contributed by atoms with E-state index in [1.807, 2.05) is 6.92 Å². The summed E-state index contributed by atoms with van der Waals surface area (Å²) in [5.41, 5.74) is 0. The van der Waals surface area contributed by atoms with Crippen molar-refractivity contribution >= 4 is 16.0 Å². The maximum Gasteiger partial charge on any atom is 0.224 e. The first-order chi connectivity index (χ1) is 15.5. The molecule has 2 unspecified atom stereocenters. The van der Waals surface area contributed by atoms with E-state index in [1.165, 1.54) is 77.0 Å². The van der Waals surface area contributed by atoms with Crippen LogP contribution in [0.3, 0.4) is 0 Å². The molecule has 0 aliphatic rings. The molecule has 0 aromatic carbocycles. The smallest absolute Gasteiger partial charge is 0.224 e. The number of hydrogen-bond acceptors (Lipinski definition) is 5. The van der Waals surface area contributed by atoms with Crippen LogP contribution in [-0.2, 0) is 14.9 Å². The molecular weight excluding hydrogens is 440 g/mol. The minimum Gasteiger partial charge on any atom is -0.748 e. The Morgan fingerprint density at radius 3 is 1.64 bits per heavy atom. The fourth-order valence-corrected chi connectivity index (χ4v) is 4.70. The van der Waals surface area contributed by atoms with Gasteiger partial charge in [-0.25, -0.2) is 8.42 Å². The van der Waals surface area contributed by atoms with Crippen molar-refractivity contribution in [2.24, 2.45) is 0 Å². The van der Waals surface area contributed by atoms with Crippen molar-refractivity contribution in [2.45, 2.75) is 129 Å². The summed E-state index contributed by atoms with van der Waals surface area (Å²) in [6.07, 6.45) is 18.2. The third kappa shape index (κ3) is 20.4. The normalized spacial score (nSPS) is 14.2. The minimum absolute atomic E-state index is 0.0330. The highest BCUT2D eigenvalue weighted by molar-refractivity contribution is 7.85. The van der Waals surface area contributed by atoms with Crippen LogP contribution in [0.2, 0.25) is 0 Å². The maximum absolute atomic E-state index is 12.2. The predicted molar refractivity (Wildman–Crippen MR) is 135 cm³/mol. The summed E-state index contributed by atoms with van der Waals surface area (Å²) in [4.78, 5) is 12.2. The average Bonchev–Trinajstić information content (AvgIpc) is 2.68. The molecule has 0 saturated heterocycles. The van der Waals surface area contributed by atoms with Gasteiger partial charge in [0.25, 0.3) is 0 Å². The molecule has 0 aromatic heterocycles. The van der Waals surface area contributed by atoms with E-state index in [4.69, 9.17) is 0 Å². The Kier molecular flexibility index (Phi) is 18.2. The molecule has 0 heterocycles. The van der Waals surface area contributed by atoms with Crippen molar-refractivity contribution in [2.75, 3.05) is 26.4 Å². The van der Waals surface area contributed by atoms with Crippen LogP contribution in [0.1, 0.15) is 117 Å². The lowest BCUT2D eigenvalue weighted by Crippen LogP contribution is -2.59. The fraction of sp³-hybridized carbons (Fsp3) is 0.960. The molecule has 2 atom stereocenters. The summed E-state index contributed by atoms with van der Waals surface area (Å²) in [7, 11) is -0.893. The van der Waals surface area contributed by atoms with Gasteiger partial charge in [-0.15, -0.1) is 0 Å². The molecule has 0 bridgehead atoms. The van der Waals surface area contributed by atoms with Gasteiger partial charge in [-0.3, -0.25) is 4.79 Å². The Morgan fingerprint density at radius 1 is 0.848 bits per heavy atom. The van der Waals surface area contributed by atoms with Crippen molar-refractivity contribution in [3.63, 3.8) is 0 Å². The number of quaternary nitrogens is 1. The molecule has 0 aliphatic heterocycles. The van der Waals surface area contributed by atoms with E-state index in [1.54, 1.807) is 14.1 Å². The van der Waals surface area contributed by atoms with Gasteiger partial charge in [-0.2, -0.15) is 0 Å². The van der Waals surface area contributed by atoms with Crippen LogP contribution < -0.4 is 5.32 Å². The zero-order valence-corrected chi connectivity index (χ0v) is 22.6. The molecule has 0 fully saturated rings. The van der Waals surface area contributed by atoms with Gasteiger partial charge in [0, 0.05) is 13.3 Å². The number of likely N-dealkylation sites (N-methyl/N-ethyl adjacent to an activating group) is 1. The first-order valence-corrected chi connectivity index (χ1v) is 14.8. The zero-order chi connectivity index (χ0) is 25.2. The second-order valence-electron chi connectivity index (χ2n) is 10.3. The van der Waals surface area contributed by atoms with Crippen LogP contribution in [0.5, 0.6) is 0 Å². The van der Waals surface area contributed by atoms with Crippen LogP contribution in [0.25, 0.3) is 0 Å². The standard InChI is InChI=1S/C25H52N2O5S/c1-5-6-7-8-9-10-11-12-13-14-15-16-17-18-19-20-25(29)26-23(2)27(3,4)21-24(28)22-33(30,31)32/h23-24,28H,5-22H2,1-4H3,(H-,26,29,30,31,32). The number of hydrogen-bond donors (Lipinski definition) is 2. The summed E-state index contributed by atoms with van der Waals surface area (Å²) < 4.78 is 32.6. The van der Waals surface area contributed by atoms with Crippen LogP contribution in [0.15, 0.2) is 0 Å². The number of aliphatic hydroxyl groups excluding tert-OH is 1. The van der Waals surface area contributed by atoms with E-state index in [2.05, 4.69) is 12.2 Å². The van der Waals surface area contributed by atoms with E-state index in [0.29, 0.717) is 6.42 Å². The van der Waals surface area contributed by atoms with Gasteiger partial charge >= 0.3 is 0 Å². The molecule has 7 nitrogen and oxygen atoms in total. The molecule has 0 rings (SSSR count). The summed E-state index contributed by atoms with van der Waals surface area (Å²) in [6, 6.07) is 0. The van der Waals surface area contributed by atoms with Gasteiger partial charge in [-0.05, 0) is 6.42 Å². The molecular formula is C25H52N2O5S. The largest absolute Gasteiger partial charge is 0.748 e. The zero-order valence-electron chi connectivity index (χ0n) is 21.8. The minimum atomic E-state index is -4.47. The number of unbranched alkanes of at least 4 members (excludes halogenated alkanes) is 14. The van der Waals surface area contributed by atoms with E-state index in [0.717, 1.165) is 19.3 Å². The van der Waals surface area contributed by atoms with Gasteiger partial charge in [0.1, 0.15) is 12.6 Å². The number of aliphatic hydroxyl groups is 1. The predicted octanol–water partition coefficient (Wildman–Crippen LogP) is 4.69. The Morgan fingerprint density at radius 2 is 1.24 bits per heavy atom. The lowest BCUT2D eigenvalue weighted by Gasteiger charge is -2.37. The molecule has 0 saturated carbocycles. The van der Waals surface area contributed by atoms with Crippen LogP contribution in [-0.4, -0.2) is 67.1 Å². The second kappa shape index (κ2) is 18.6. The van der Waals surface area contributed by atoms with Crippen molar-refractivity contribution in [3.05, 3.63) is 0 Å². The van der Waals surface area contributed by atoms with Gasteiger partial charge in [-0.1, -0.05) is 96.8 Å². The maximum atomic E-state index is 12.2. The summed E-state index contributed by atoms with van der Waals surface area (Å²) in [6.45, 7) is 4.15. The Balaban J connectivity index is 3.70. The van der Waals surface area contributed by atoms with Crippen molar-refractivity contribution in [1.82, 2.24) is 5.32 Å². The highest BCUT2D eigenvalue weighted by Gasteiger charge is 2.29. The number of rotatable bonds is 22. The van der Waals surface area contributed by atoms with E-state index in [-0.39, 0.29) is 23.1 Å². The van der Waals surface area contributed by atoms with Crippen LogP contribution in [0, 0.1) is 0 Å². The first kappa shape index (κ1) is 32.3. The molecule has 1 amide bonds. The number of amides is 1. The lowest BCUT2D eigenvalue weighted by molar-refractivity contribution is -0.917. The third-order valence-electron chi connectivity index (χ3n) is 6.50. The molecule has 198 valence electrons. The van der Waals surface area contributed by atoms with Gasteiger partial charge in [0.05, 0.1) is 30.0 Å². The molecule has 33 heavy (non-hydrogen) atoms. The fourth-order valence-electron chi connectivity index (χ4n) is 4.13. The topological polar surface area (TPSA) is 107 Å². The molecule has 0 radical (unpaired) electrons. The van der Waals surface area contributed by atoms with Crippen molar-refractivity contribution < 1.29 is 27.4 Å². The van der Waals surface area contributed by atoms with Crippen molar-refractivity contribution in [1.29, 1.82) is 0 Å². The van der Waals surface area contributed by atoms with Gasteiger partial charge in [0.2, 0.25) is 5.91 Å². The Labute approximate surface area is 204 Å². The van der Waals surface area contributed by atoms with Gasteiger partial charge < -0.3 is 19.5 Å². The molecule has 2 N–H and O–H groups in total. The SMILES string of the molecule is CCCCCCCCCCCCCCCCCC(=O)NC(C)[N+](C)(C)CC(O)CS(=O)(=O)[O-]. The van der Waals surface area contributed by atoms with Gasteiger partial charge in [0.15, 0.2) is 6.17 Å². The number of nitrogens with zero attached hydrogens (tertiary/aromatic N) is 1.